The molecule has 1 fully saturated rings. The minimum Gasteiger partial charge on any atom is -0.403 e. The molecule has 0 saturated heterocycles. The number of alkyl halides is 2. The van der Waals surface area contributed by atoms with Crippen LogP contribution in [0.2, 0.25) is 0 Å². The molecule has 3 rings (SSSR count). The van der Waals surface area contributed by atoms with Crippen LogP contribution >= 0.6 is 0 Å². The number of aromatic amines is 1. The summed E-state index contributed by atoms with van der Waals surface area (Å²) in [7, 11) is 0. The summed E-state index contributed by atoms with van der Waals surface area (Å²) in [6, 6.07) is 1.17. The monoisotopic (exact) mass is 296 g/mol. The van der Waals surface area contributed by atoms with Gasteiger partial charge in [-0.15, -0.1) is 0 Å². The van der Waals surface area contributed by atoms with Gasteiger partial charge >= 0.3 is 5.63 Å². The van der Waals surface area contributed by atoms with E-state index in [1.165, 1.54) is 13.0 Å². The second kappa shape index (κ2) is 4.75. The van der Waals surface area contributed by atoms with E-state index in [0.717, 1.165) is 0 Å². The number of hydrogen-bond acceptors (Lipinski definition) is 4. The largest absolute Gasteiger partial charge is 0.403 e. The number of H-pyrrole nitrogens is 1. The molecule has 0 spiro atoms. The Labute approximate surface area is 118 Å². The molecule has 21 heavy (non-hydrogen) atoms. The van der Waals surface area contributed by atoms with E-state index >= 15 is 0 Å². The molecular formula is C14H14F2N2O3. The summed E-state index contributed by atoms with van der Waals surface area (Å²) in [6.07, 6.45) is 0.00594. The highest BCUT2D eigenvalue weighted by atomic mass is 19.1. The minimum atomic E-state index is -1.49. The van der Waals surface area contributed by atoms with Crippen LogP contribution in [0.4, 0.5) is 8.78 Å². The predicted octanol–water partition coefficient (Wildman–Crippen LogP) is 2.34. The van der Waals surface area contributed by atoms with Crippen LogP contribution in [0.1, 0.15) is 43.7 Å². The van der Waals surface area contributed by atoms with Crippen molar-refractivity contribution in [2.75, 3.05) is 0 Å². The molecule has 112 valence electrons. The van der Waals surface area contributed by atoms with Crippen LogP contribution < -0.4 is 11.2 Å². The van der Waals surface area contributed by atoms with Crippen LogP contribution in [0.5, 0.6) is 0 Å². The van der Waals surface area contributed by atoms with E-state index in [-0.39, 0.29) is 29.8 Å². The van der Waals surface area contributed by atoms with E-state index < -0.39 is 23.0 Å². The van der Waals surface area contributed by atoms with Crippen LogP contribution in [0, 0.1) is 0 Å². The van der Waals surface area contributed by atoms with Crippen LogP contribution in [0.15, 0.2) is 20.1 Å². The van der Waals surface area contributed by atoms with E-state index in [4.69, 9.17) is 4.42 Å². The third-order valence-electron chi connectivity index (χ3n) is 3.73. The van der Waals surface area contributed by atoms with Gasteiger partial charge in [0, 0.05) is 6.07 Å². The van der Waals surface area contributed by atoms with E-state index in [9.17, 15) is 18.4 Å². The molecule has 0 amide bonds. The molecule has 0 radical (unpaired) electrons. The molecule has 7 heteroatoms. The molecule has 2 aromatic heterocycles. The summed E-state index contributed by atoms with van der Waals surface area (Å²) < 4.78 is 31.8. The zero-order chi connectivity index (χ0) is 15.2. The van der Waals surface area contributed by atoms with Crippen molar-refractivity contribution in [3.8, 4) is 0 Å². The molecule has 1 aliphatic rings. The molecule has 0 aromatic carbocycles. The molecule has 1 unspecified atom stereocenters. The fourth-order valence-corrected chi connectivity index (χ4v) is 2.30. The van der Waals surface area contributed by atoms with Gasteiger partial charge in [-0.2, -0.15) is 4.98 Å². The van der Waals surface area contributed by atoms with Crippen molar-refractivity contribution >= 4 is 11.1 Å². The van der Waals surface area contributed by atoms with E-state index in [0.29, 0.717) is 18.4 Å². The van der Waals surface area contributed by atoms with Crippen LogP contribution in [0.25, 0.3) is 11.1 Å². The third-order valence-corrected chi connectivity index (χ3v) is 3.73. The highest BCUT2D eigenvalue weighted by molar-refractivity contribution is 5.75. The van der Waals surface area contributed by atoms with E-state index in [1.54, 1.807) is 0 Å². The van der Waals surface area contributed by atoms with E-state index in [2.05, 4.69) is 9.97 Å². The summed E-state index contributed by atoms with van der Waals surface area (Å²) in [5.41, 5.74) is -2.27. The van der Waals surface area contributed by atoms with Crippen LogP contribution in [-0.2, 0) is 6.42 Å². The van der Waals surface area contributed by atoms with Gasteiger partial charge < -0.3 is 9.40 Å². The lowest BCUT2D eigenvalue weighted by Crippen LogP contribution is -2.17. The van der Waals surface area contributed by atoms with Gasteiger partial charge in [-0.3, -0.25) is 4.79 Å². The molecule has 1 aliphatic carbocycles. The first-order valence-corrected chi connectivity index (χ1v) is 6.78. The fraction of sp³-hybridized carbons (Fsp3) is 0.500. The van der Waals surface area contributed by atoms with Crippen molar-refractivity contribution in [1.82, 2.24) is 9.97 Å². The van der Waals surface area contributed by atoms with Crippen molar-refractivity contribution in [3.05, 3.63) is 38.2 Å². The first-order chi connectivity index (χ1) is 9.88. The lowest BCUT2D eigenvalue weighted by molar-refractivity contribution is 0.290. The normalized spacial score (nSPS) is 17.9. The number of aromatic nitrogens is 2. The van der Waals surface area contributed by atoms with Gasteiger partial charge in [0.25, 0.3) is 5.56 Å². The number of fused-ring (bicyclic) bond motifs is 1. The standard InChI is InChI=1S/C14H14F2N2O3/c1-7(15)11-17-12(20)10-8(2-3-14(16)4-5-14)6-9(19)21-13(10)18-11/h6-7H,2-5H2,1H3,(H,17,18,20). The highest BCUT2D eigenvalue weighted by Crippen LogP contribution is 2.43. The molecule has 1 atom stereocenters. The first-order valence-electron chi connectivity index (χ1n) is 6.78. The maximum absolute atomic E-state index is 13.7. The Morgan fingerprint density at radius 2 is 2.19 bits per heavy atom. The number of hydrogen-bond donors (Lipinski definition) is 1. The Morgan fingerprint density at radius 1 is 1.48 bits per heavy atom. The first kappa shape index (κ1) is 13.9. The molecule has 0 aliphatic heterocycles. The lowest BCUT2D eigenvalue weighted by Gasteiger charge is -2.08. The van der Waals surface area contributed by atoms with Gasteiger partial charge in [-0.1, -0.05) is 0 Å². The molecule has 5 nitrogen and oxygen atoms in total. The predicted molar refractivity (Wildman–Crippen MR) is 71.8 cm³/mol. The minimum absolute atomic E-state index is 0.0863. The summed E-state index contributed by atoms with van der Waals surface area (Å²) in [4.78, 5) is 29.7. The van der Waals surface area contributed by atoms with Crippen molar-refractivity contribution in [1.29, 1.82) is 0 Å². The van der Waals surface area contributed by atoms with Gasteiger partial charge in [-0.25, -0.2) is 13.6 Å². The number of halogens is 2. The fourth-order valence-electron chi connectivity index (χ4n) is 2.30. The van der Waals surface area contributed by atoms with Gasteiger partial charge in [-0.05, 0) is 38.2 Å². The number of nitrogens with zero attached hydrogens (tertiary/aromatic N) is 1. The lowest BCUT2D eigenvalue weighted by atomic mass is 10.0. The zero-order valence-electron chi connectivity index (χ0n) is 11.4. The number of rotatable bonds is 4. The zero-order valence-corrected chi connectivity index (χ0v) is 11.4. The Kier molecular flexibility index (Phi) is 3.15. The molecular weight excluding hydrogens is 282 g/mol. The molecule has 1 N–H and O–H groups in total. The smallest absolute Gasteiger partial charge is 0.337 e. The van der Waals surface area contributed by atoms with Gasteiger partial charge in [0.1, 0.15) is 16.9 Å². The summed E-state index contributed by atoms with van der Waals surface area (Å²) >= 11 is 0. The van der Waals surface area contributed by atoms with Crippen LogP contribution in [-0.4, -0.2) is 15.6 Å². The van der Waals surface area contributed by atoms with Crippen molar-refractivity contribution < 1.29 is 13.2 Å². The Balaban J connectivity index is 2.11. The molecule has 2 aromatic rings. The Bertz CT molecular complexity index is 806. The molecule has 1 saturated carbocycles. The Hall–Kier alpha value is -2.05. The number of nitrogens with one attached hydrogen (secondary N) is 1. The van der Waals surface area contributed by atoms with Gasteiger partial charge in [0.15, 0.2) is 6.17 Å². The van der Waals surface area contributed by atoms with Gasteiger partial charge in [0.2, 0.25) is 5.71 Å². The van der Waals surface area contributed by atoms with Gasteiger partial charge in [0.05, 0.1) is 0 Å². The highest BCUT2D eigenvalue weighted by Gasteiger charge is 2.42. The van der Waals surface area contributed by atoms with Crippen molar-refractivity contribution in [2.24, 2.45) is 0 Å². The second-order valence-electron chi connectivity index (χ2n) is 5.49. The second-order valence-corrected chi connectivity index (χ2v) is 5.49. The summed E-state index contributed by atoms with van der Waals surface area (Å²) in [5, 5.41) is 0.0863. The summed E-state index contributed by atoms with van der Waals surface area (Å²) in [6.45, 7) is 1.21. The van der Waals surface area contributed by atoms with Crippen molar-refractivity contribution in [2.45, 2.75) is 44.4 Å². The van der Waals surface area contributed by atoms with E-state index in [1.807, 2.05) is 0 Å². The Morgan fingerprint density at radius 3 is 2.81 bits per heavy atom. The molecule has 2 heterocycles. The van der Waals surface area contributed by atoms with Crippen molar-refractivity contribution in [3.63, 3.8) is 0 Å². The average Bonchev–Trinajstić information content (AvgIpc) is 3.13. The molecule has 0 bridgehead atoms. The topological polar surface area (TPSA) is 76.0 Å². The third kappa shape index (κ3) is 2.72. The van der Waals surface area contributed by atoms with Crippen LogP contribution in [0.3, 0.4) is 0 Å². The number of aryl methyl sites for hydroxylation is 1. The maximum Gasteiger partial charge on any atom is 0.337 e. The quantitative estimate of drug-likeness (QED) is 0.939. The average molecular weight is 296 g/mol. The maximum atomic E-state index is 13.7. The SMILES string of the molecule is CC(F)c1nc2oc(=O)cc(CCC3(F)CC3)c2c(=O)[nH]1. The summed E-state index contributed by atoms with van der Waals surface area (Å²) in [5.74, 6) is -0.197.